The third-order valence-corrected chi connectivity index (χ3v) is 5.53. The second kappa shape index (κ2) is 5.06. The molecule has 3 N–H and O–H groups in total. The molecular weight excluding hydrogens is 334 g/mol. The van der Waals surface area contributed by atoms with E-state index < -0.39 is 11.6 Å². The normalized spacial score (nSPS) is 25.2. The van der Waals surface area contributed by atoms with Crippen LogP contribution in [0.1, 0.15) is 35.3 Å². The van der Waals surface area contributed by atoms with E-state index in [1.807, 2.05) is 30.3 Å². The van der Waals surface area contributed by atoms with Crippen LogP contribution in [0.3, 0.4) is 0 Å². The summed E-state index contributed by atoms with van der Waals surface area (Å²) < 4.78 is 6.86. The number of nitrogens with zero attached hydrogens (tertiary/aromatic N) is 1. The average Bonchev–Trinajstić information content (AvgIpc) is 3.01. The Hall–Kier alpha value is -2.90. The van der Waals surface area contributed by atoms with Crippen LogP contribution >= 0.6 is 0 Å². The van der Waals surface area contributed by atoms with Gasteiger partial charge in [0.15, 0.2) is 0 Å². The molecule has 3 aliphatic rings. The van der Waals surface area contributed by atoms with Gasteiger partial charge >= 0.3 is 5.97 Å². The van der Waals surface area contributed by atoms with Crippen LogP contribution in [0, 0.1) is 0 Å². The fourth-order valence-electron chi connectivity index (χ4n) is 4.04. The first-order chi connectivity index (χ1) is 12.5. The third-order valence-electron chi connectivity index (χ3n) is 5.53. The van der Waals surface area contributed by atoms with Gasteiger partial charge in [-0.05, 0) is 36.3 Å². The van der Waals surface area contributed by atoms with Crippen molar-refractivity contribution in [3.8, 4) is 0 Å². The van der Waals surface area contributed by atoms with Crippen molar-refractivity contribution >= 4 is 17.7 Å². The zero-order valence-electron chi connectivity index (χ0n) is 14.1. The quantitative estimate of drug-likeness (QED) is 0.598. The first-order valence-corrected chi connectivity index (χ1v) is 8.41. The summed E-state index contributed by atoms with van der Waals surface area (Å²) in [5.74, 6) is 4.81. The Morgan fingerprint density at radius 2 is 2.15 bits per heavy atom. The maximum atomic E-state index is 13.1. The maximum absolute atomic E-state index is 13.1. The van der Waals surface area contributed by atoms with Crippen LogP contribution < -0.4 is 16.8 Å². The summed E-state index contributed by atoms with van der Waals surface area (Å²) in [7, 11) is 0. The molecular formula is C19H17N3O4. The molecule has 7 nitrogen and oxygen atoms in total. The first kappa shape index (κ1) is 15.4. The molecule has 0 spiro atoms. The molecule has 26 heavy (non-hydrogen) atoms. The van der Waals surface area contributed by atoms with Gasteiger partial charge in [0.25, 0.3) is 5.56 Å². The number of benzene rings is 1. The molecule has 3 aliphatic heterocycles. The predicted molar refractivity (Wildman–Crippen MR) is 93.9 cm³/mol. The van der Waals surface area contributed by atoms with Crippen LogP contribution in [-0.4, -0.2) is 10.5 Å². The third kappa shape index (κ3) is 1.84. The Labute approximate surface area is 149 Å². The fourth-order valence-corrected chi connectivity index (χ4v) is 4.04. The molecule has 1 aromatic carbocycles. The van der Waals surface area contributed by atoms with Gasteiger partial charge < -0.3 is 14.6 Å². The van der Waals surface area contributed by atoms with Gasteiger partial charge in [-0.25, -0.2) is 10.7 Å². The number of rotatable bonds is 1. The van der Waals surface area contributed by atoms with E-state index in [4.69, 9.17) is 15.5 Å². The molecule has 0 aliphatic carbocycles. The number of aromatic nitrogens is 1. The number of anilines is 1. The van der Waals surface area contributed by atoms with Gasteiger partial charge in [0.2, 0.25) is 5.60 Å². The lowest BCUT2D eigenvalue weighted by atomic mass is 9.89. The summed E-state index contributed by atoms with van der Waals surface area (Å²) in [5, 5.41) is 3.49. The van der Waals surface area contributed by atoms with E-state index in [-0.39, 0.29) is 18.2 Å². The van der Waals surface area contributed by atoms with Gasteiger partial charge in [0.05, 0.1) is 11.6 Å². The van der Waals surface area contributed by atoms with E-state index in [2.05, 4.69) is 11.4 Å². The van der Waals surface area contributed by atoms with Crippen molar-refractivity contribution in [2.75, 3.05) is 5.32 Å². The number of nitrogens with one attached hydrogen (secondary N) is 1. The summed E-state index contributed by atoms with van der Waals surface area (Å²) in [5.41, 5.74) is 3.25. The van der Waals surface area contributed by atoms with E-state index in [1.165, 1.54) is 6.92 Å². The van der Waals surface area contributed by atoms with Crippen molar-refractivity contribution in [1.82, 2.24) is 4.57 Å². The molecule has 0 radical (unpaired) electrons. The fraction of sp³-hybridized carbons (Fsp3) is 0.263. The Kier molecular flexibility index (Phi) is 2.99. The van der Waals surface area contributed by atoms with Crippen LogP contribution in [0.5, 0.6) is 0 Å². The number of hydrogen-bond acceptors (Lipinski definition) is 6. The first-order valence-electron chi connectivity index (χ1n) is 8.41. The molecule has 2 atom stereocenters. The van der Waals surface area contributed by atoms with E-state index in [1.54, 1.807) is 4.57 Å². The van der Waals surface area contributed by atoms with Crippen LogP contribution in [0.2, 0.25) is 0 Å². The molecule has 0 bridgehead atoms. The maximum Gasteiger partial charge on any atom is 0.345 e. The Morgan fingerprint density at radius 1 is 1.35 bits per heavy atom. The second-order valence-electron chi connectivity index (χ2n) is 6.96. The average molecular weight is 351 g/mol. The molecule has 4 heterocycles. The summed E-state index contributed by atoms with van der Waals surface area (Å²) in [6.07, 6.45) is 2.11. The van der Waals surface area contributed by atoms with Crippen molar-refractivity contribution in [1.29, 1.82) is 0 Å². The Bertz CT molecular complexity index is 1060. The number of para-hydroxylation sites is 1. The smallest absolute Gasteiger partial charge is 0.345 e. The van der Waals surface area contributed by atoms with Gasteiger partial charge in [0.1, 0.15) is 6.61 Å². The van der Waals surface area contributed by atoms with Gasteiger partial charge in [-0.15, -0.1) is 0 Å². The number of fused-ring (bicyclic) bond motifs is 5. The minimum absolute atomic E-state index is 0.0659. The van der Waals surface area contributed by atoms with Crippen LogP contribution in [0.15, 0.2) is 40.7 Å². The number of carbonyl (C=O) groups excluding carboxylic acids is 1. The largest absolute Gasteiger partial charge is 0.458 e. The number of esters is 1. The zero-order chi connectivity index (χ0) is 18.1. The van der Waals surface area contributed by atoms with Crippen molar-refractivity contribution in [3.63, 3.8) is 0 Å². The minimum atomic E-state index is -1.48. The molecule has 0 fully saturated rings. The number of pyridine rings is 1. The van der Waals surface area contributed by atoms with Gasteiger partial charge in [0, 0.05) is 23.5 Å². The van der Waals surface area contributed by atoms with Crippen LogP contribution in [-0.2, 0) is 33.1 Å². The second-order valence-corrected chi connectivity index (χ2v) is 6.96. The molecule has 132 valence electrons. The molecule has 0 saturated heterocycles. The van der Waals surface area contributed by atoms with Gasteiger partial charge in [-0.2, -0.15) is 0 Å². The van der Waals surface area contributed by atoms with Crippen molar-refractivity contribution in [2.45, 2.75) is 31.7 Å². The number of ether oxygens (including phenoxy) is 1. The molecule has 2 unspecified atom stereocenters. The van der Waals surface area contributed by atoms with Gasteiger partial charge in [-0.1, -0.05) is 18.2 Å². The molecule has 0 saturated carbocycles. The standard InChI is InChI=1S/C19H17N3O4/c1-19(26-20)13-7-15-16-11(6-10-4-2-3-5-14(10)21-16)8-22(15)17(23)12(13)9-25-18(19)24/h2-7,16,21H,8-9,20H2,1H3. The predicted octanol–water partition coefficient (Wildman–Crippen LogP) is 1.57. The summed E-state index contributed by atoms with van der Waals surface area (Å²) >= 11 is 0. The van der Waals surface area contributed by atoms with Crippen LogP contribution in [0.4, 0.5) is 5.69 Å². The molecule has 7 heteroatoms. The summed E-state index contributed by atoms with van der Waals surface area (Å²) in [6, 6.07) is 9.71. The molecule has 0 amide bonds. The highest BCUT2D eigenvalue weighted by Crippen LogP contribution is 2.42. The number of carbonyl (C=O) groups is 1. The molecule has 5 rings (SSSR count). The van der Waals surface area contributed by atoms with E-state index in [0.717, 1.165) is 22.5 Å². The van der Waals surface area contributed by atoms with Crippen molar-refractivity contribution in [3.05, 3.63) is 68.6 Å². The number of nitrogens with two attached hydrogens (primary N) is 1. The lowest BCUT2D eigenvalue weighted by Crippen LogP contribution is -2.46. The van der Waals surface area contributed by atoms with E-state index >= 15 is 0 Å². The monoisotopic (exact) mass is 351 g/mol. The highest BCUT2D eigenvalue weighted by molar-refractivity contribution is 5.83. The van der Waals surface area contributed by atoms with Crippen molar-refractivity contribution in [2.24, 2.45) is 5.90 Å². The highest BCUT2D eigenvalue weighted by atomic mass is 16.7. The van der Waals surface area contributed by atoms with E-state index in [0.29, 0.717) is 17.7 Å². The zero-order valence-corrected chi connectivity index (χ0v) is 14.1. The minimum Gasteiger partial charge on any atom is -0.458 e. The van der Waals surface area contributed by atoms with Gasteiger partial charge in [-0.3, -0.25) is 9.63 Å². The Morgan fingerprint density at radius 3 is 2.96 bits per heavy atom. The topological polar surface area (TPSA) is 95.6 Å². The Balaban J connectivity index is 1.71. The van der Waals surface area contributed by atoms with Crippen molar-refractivity contribution < 1.29 is 14.4 Å². The lowest BCUT2D eigenvalue weighted by Gasteiger charge is -2.32. The lowest BCUT2D eigenvalue weighted by molar-refractivity contribution is -0.178. The number of cyclic esters (lactones) is 1. The number of hydrogen-bond donors (Lipinski definition) is 2. The van der Waals surface area contributed by atoms with E-state index in [9.17, 15) is 9.59 Å². The summed E-state index contributed by atoms with van der Waals surface area (Å²) in [6.45, 7) is 1.96. The molecule has 2 aromatic rings. The molecule has 1 aromatic heterocycles. The summed E-state index contributed by atoms with van der Waals surface area (Å²) in [4.78, 5) is 30.2. The highest BCUT2D eigenvalue weighted by Gasteiger charge is 2.46. The SMILES string of the molecule is CC1(ON)C(=O)OCc2c1cc1n(c2=O)CC2=Cc3ccccc3NC21. The van der Waals surface area contributed by atoms with Crippen LogP contribution in [0.25, 0.3) is 6.08 Å².